The van der Waals surface area contributed by atoms with Crippen molar-refractivity contribution in [1.82, 2.24) is 10.2 Å². The Morgan fingerprint density at radius 2 is 1.47 bits per heavy atom. The predicted molar refractivity (Wildman–Crippen MR) is 130 cm³/mol. The molecule has 8 atom stereocenters. The molecule has 36 heavy (non-hydrogen) atoms. The van der Waals surface area contributed by atoms with E-state index < -0.39 is 62.4 Å². The van der Waals surface area contributed by atoms with Crippen LogP contribution in [0.1, 0.15) is 83.5 Å². The van der Waals surface area contributed by atoms with Gasteiger partial charge in [-0.3, -0.25) is 9.84 Å². The first-order valence-corrected chi connectivity index (χ1v) is 14.9. The Morgan fingerprint density at radius 1 is 0.889 bits per heavy atom. The van der Waals surface area contributed by atoms with Crippen LogP contribution in [0.15, 0.2) is 12.3 Å². The Labute approximate surface area is 212 Å². The summed E-state index contributed by atoms with van der Waals surface area (Å²) in [4.78, 5) is 19.8. The van der Waals surface area contributed by atoms with Gasteiger partial charge in [-0.1, -0.05) is 70.3 Å². The van der Waals surface area contributed by atoms with Crippen LogP contribution < -0.4 is 5.32 Å². The summed E-state index contributed by atoms with van der Waals surface area (Å²) in [6.45, 7) is -0.590. The first kappa shape index (κ1) is 28.4. The lowest BCUT2D eigenvalue weighted by atomic mass is 9.63. The number of aliphatic hydroxyl groups is 4. The molecule has 1 aliphatic carbocycles. The Morgan fingerprint density at radius 3 is 2.08 bits per heavy atom. The standard InChI is InChI=1S/C24H43N2O9P/c27-18-17(15-34-36(31,32)33)35-20(19(18)28)26-14-13-23-11-9-7-5-3-1-2-4-6-8-10-12-24(26,16-23)22(30)25-21(23)29/h13-14,17-22,25,27-30H,1-12,15-16H2,(H2,31,32,33). The van der Waals surface area contributed by atoms with Gasteiger partial charge in [-0.2, -0.15) is 0 Å². The maximum atomic E-state index is 11.3. The lowest BCUT2D eigenvalue weighted by molar-refractivity contribution is -0.207. The minimum absolute atomic E-state index is 0.457. The maximum Gasteiger partial charge on any atom is 0.469 e. The molecule has 11 nitrogen and oxygen atoms in total. The van der Waals surface area contributed by atoms with Gasteiger partial charge in [0.15, 0.2) is 6.23 Å². The molecule has 208 valence electrons. The van der Waals surface area contributed by atoms with Gasteiger partial charge >= 0.3 is 7.82 Å². The molecule has 12 heteroatoms. The summed E-state index contributed by atoms with van der Waals surface area (Å²) in [6.07, 6.45) is 9.45. The molecule has 4 aliphatic rings. The smallest absolute Gasteiger partial charge is 0.387 e. The Bertz CT molecular complexity index is 812. The van der Waals surface area contributed by atoms with E-state index in [1.807, 2.05) is 6.08 Å². The molecule has 1 saturated carbocycles. The van der Waals surface area contributed by atoms with Crippen molar-refractivity contribution in [1.29, 1.82) is 0 Å². The van der Waals surface area contributed by atoms with E-state index in [2.05, 4.69) is 9.84 Å². The quantitative estimate of drug-likeness (QED) is 0.260. The topological polar surface area (TPSA) is 172 Å². The Balaban J connectivity index is 1.61. The summed E-state index contributed by atoms with van der Waals surface area (Å²) in [5.74, 6) is 0. The van der Waals surface area contributed by atoms with Gasteiger partial charge in [0.2, 0.25) is 0 Å². The fourth-order valence-corrected chi connectivity index (χ4v) is 6.90. The number of nitrogens with zero attached hydrogens (tertiary/aromatic N) is 1. The first-order valence-electron chi connectivity index (χ1n) is 13.4. The van der Waals surface area contributed by atoms with Gasteiger partial charge < -0.3 is 39.8 Å². The van der Waals surface area contributed by atoms with Gasteiger partial charge in [-0.25, -0.2) is 4.57 Å². The first-order chi connectivity index (χ1) is 17.1. The molecule has 0 spiro atoms. The Hall–Kier alpha value is -0.590. The van der Waals surface area contributed by atoms with Crippen molar-refractivity contribution in [2.24, 2.45) is 5.41 Å². The van der Waals surface area contributed by atoms with Gasteiger partial charge in [0, 0.05) is 5.41 Å². The predicted octanol–water partition coefficient (Wildman–Crippen LogP) is 1.42. The van der Waals surface area contributed by atoms with E-state index in [1.165, 1.54) is 32.1 Å². The second kappa shape index (κ2) is 11.7. The molecule has 0 amide bonds. The van der Waals surface area contributed by atoms with Gasteiger partial charge in [-0.05, 0) is 25.5 Å². The molecule has 3 fully saturated rings. The van der Waals surface area contributed by atoms with Crippen molar-refractivity contribution in [3.63, 3.8) is 0 Å². The van der Waals surface area contributed by atoms with Crippen LogP contribution in [0.4, 0.5) is 0 Å². The monoisotopic (exact) mass is 534 g/mol. The van der Waals surface area contributed by atoms with E-state index >= 15 is 0 Å². The average molecular weight is 535 g/mol. The third-order valence-corrected chi connectivity index (χ3v) is 9.09. The van der Waals surface area contributed by atoms with Crippen molar-refractivity contribution in [2.75, 3.05) is 6.61 Å². The number of rotatable bonds is 4. The maximum absolute atomic E-state index is 11.3. The lowest BCUT2D eigenvalue weighted by Gasteiger charge is -2.61. The lowest BCUT2D eigenvalue weighted by Crippen LogP contribution is -2.74. The fourth-order valence-electron chi connectivity index (χ4n) is 6.56. The van der Waals surface area contributed by atoms with E-state index in [0.717, 1.165) is 38.5 Å². The third-order valence-electron chi connectivity index (χ3n) is 8.61. The van der Waals surface area contributed by atoms with E-state index in [4.69, 9.17) is 14.5 Å². The van der Waals surface area contributed by atoms with Crippen molar-refractivity contribution >= 4 is 7.82 Å². The Kier molecular flexibility index (Phi) is 9.20. The molecule has 0 aromatic heterocycles. The number of phosphoric ester groups is 1. The second-order valence-corrected chi connectivity index (χ2v) is 12.3. The van der Waals surface area contributed by atoms with Crippen LogP contribution >= 0.6 is 7.82 Å². The van der Waals surface area contributed by atoms with Crippen LogP contribution in [0, 0.1) is 5.41 Å². The molecular weight excluding hydrogens is 491 g/mol. The third kappa shape index (κ3) is 6.01. The summed E-state index contributed by atoms with van der Waals surface area (Å²) < 4.78 is 21.6. The van der Waals surface area contributed by atoms with E-state index in [0.29, 0.717) is 12.8 Å². The normalized spacial score (nSPS) is 43.1. The zero-order chi connectivity index (χ0) is 26.0. The van der Waals surface area contributed by atoms with E-state index in [9.17, 15) is 25.0 Å². The zero-order valence-corrected chi connectivity index (χ0v) is 21.7. The highest BCUT2D eigenvalue weighted by Gasteiger charge is 2.61. The average Bonchev–Trinajstić information content (AvgIpc) is 3.10. The van der Waals surface area contributed by atoms with Crippen LogP contribution in [0.5, 0.6) is 0 Å². The summed E-state index contributed by atoms with van der Waals surface area (Å²) in [5, 5.41) is 46.8. The number of hydrogen-bond acceptors (Lipinski definition) is 9. The molecular formula is C24H43N2O9P. The highest BCUT2D eigenvalue weighted by atomic mass is 31.2. The minimum atomic E-state index is -4.78. The van der Waals surface area contributed by atoms with Crippen LogP contribution in [0.25, 0.3) is 0 Å². The zero-order valence-electron chi connectivity index (χ0n) is 20.8. The molecule has 0 radical (unpaired) electrons. The molecule has 2 saturated heterocycles. The summed E-state index contributed by atoms with van der Waals surface area (Å²) in [6, 6.07) is 0. The molecule has 0 aromatic carbocycles. The van der Waals surface area contributed by atoms with Crippen molar-refractivity contribution in [3.8, 4) is 0 Å². The number of nitrogens with one attached hydrogen (secondary N) is 1. The number of phosphoric acid groups is 1. The molecule has 7 N–H and O–H groups in total. The van der Waals surface area contributed by atoms with Crippen LogP contribution in [0.3, 0.4) is 0 Å². The number of piperidine rings is 1. The van der Waals surface area contributed by atoms with Crippen LogP contribution in [0.2, 0.25) is 0 Å². The minimum Gasteiger partial charge on any atom is -0.387 e. The number of ether oxygens (including phenoxy) is 1. The highest BCUT2D eigenvalue weighted by molar-refractivity contribution is 7.46. The molecule has 3 aliphatic heterocycles. The largest absolute Gasteiger partial charge is 0.469 e. The van der Waals surface area contributed by atoms with E-state index in [-0.39, 0.29) is 0 Å². The molecule has 4 rings (SSSR count). The summed E-state index contributed by atoms with van der Waals surface area (Å²) in [5.41, 5.74) is -1.49. The summed E-state index contributed by atoms with van der Waals surface area (Å²) in [7, 11) is -4.78. The van der Waals surface area contributed by atoms with Gasteiger partial charge in [0.05, 0.1) is 12.1 Å². The summed E-state index contributed by atoms with van der Waals surface area (Å²) >= 11 is 0. The number of aliphatic hydroxyl groups excluding tert-OH is 4. The fraction of sp³-hybridized carbons (Fsp3) is 0.917. The molecule has 8 unspecified atom stereocenters. The highest BCUT2D eigenvalue weighted by Crippen LogP contribution is 2.52. The molecule has 0 aromatic rings. The van der Waals surface area contributed by atoms with Crippen LogP contribution in [-0.2, 0) is 13.8 Å². The van der Waals surface area contributed by atoms with Crippen molar-refractivity contribution in [3.05, 3.63) is 12.3 Å². The van der Waals surface area contributed by atoms with Gasteiger partial charge in [0.1, 0.15) is 30.8 Å². The van der Waals surface area contributed by atoms with E-state index in [1.54, 1.807) is 11.1 Å². The second-order valence-electron chi connectivity index (χ2n) is 11.1. The van der Waals surface area contributed by atoms with Gasteiger partial charge in [-0.15, -0.1) is 0 Å². The van der Waals surface area contributed by atoms with Gasteiger partial charge in [0.25, 0.3) is 0 Å². The molecule has 3 heterocycles. The molecule has 2 bridgehead atoms. The van der Waals surface area contributed by atoms with Crippen molar-refractivity contribution < 1.29 is 44.0 Å². The SMILES string of the molecule is O=P(O)(O)OCC1OC(N2C=CC34CCCCCCCCCCCCC2(C3)C(O)NC4O)C(O)C1O. The number of hydrogen-bond donors (Lipinski definition) is 7. The van der Waals surface area contributed by atoms with Crippen molar-refractivity contribution in [2.45, 2.75) is 126 Å². The van der Waals surface area contributed by atoms with Crippen LogP contribution in [-0.4, -0.2) is 84.3 Å².